The molecule has 12 heteroatoms. The average molecular weight is 601 g/mol. The predicted molar refractivity (Wildman–Crippen MR) is 162 cm³/mol. The van der Waals surface area contributed by atoms with Crippen molar-refractivity contribution in [3.8, 4) is 22.6 Å². The normalized spacial score (nSPS) is 17.8. The van der Waals surface area contributed by atoms with Gasteiger partial charge in [0.1, 0.15) is 23.1 Å². The van der Waals surface area contributed by atoms with E-state index in [4.69, 9.17) is 0 Å². The first-order valence-electron chi connectivity index (χ1n) is 14.2. The Balaban J connectivity index is 1.79. The van der Waals surface area contributed by atoms with E-state index in [0.29, 0.717) is 11.3 Å². The van der Waals surface area contributed by atoms with Crippen LogP contribution in [0.5, 0.6) is 5.75 Å². The number of nitrogens with one attached hydrogen (secondary N) is 1. The molecule has 10 nitrogen and oxygen atoms in total. The first-order chi connectivity index (χ1) is 21.0. The van der Waals surface area contributed by atoms with Gasteiger partial charge in [-0.3, -0.25) is 19.1 Å². The Bertz CT molecular complexity index is 1960. The Morgan fingerprint density at radius 1 is 1.16 bits per heavy atom. The summed E-state index contributed by atoms with van der Waals surface area (Å²) in [6.45, 7) is 10.8. The smallest absolute Gasteiger partial charge is 0.354 e. The summed E-state index contributed by atoms with van der Waals surface area (Å²) in [5.74, 6) is -4.02. The second-order valence-electron chi connectivity index (χ2n) is 11.4. The summed E-state index contributed by atoms with van der Waals surface area (Å²) in [6, 6.07) is 5.67. The minimum Gasteiger partial charge on any atom is -0.507 e. The molecule has 4 heterocycles. The van der Waals surface area contributed by atoms with Crippen LogP contribution in [-0.2, 0) is 9.59 Å². The van der Waals surface area contributed by atoms with Gasteiger partial charge in [-0.15, -0.1) is 0 Å². The van der Waals surface area contributed by atoms with Crippen molar-refractivity contribution in [3.63, 3.8) is 0 Å². The fraction of sp³-hybridized carbons (Fsp3) is 0.281. The molecule has 2 aromatic carbocycles. The third kappa shape index (κ3) is 4.23. The molecule has 1 fully saturated rings. The molecule has 2 amide bonds. The minimum atomic E-state index is -1.14. The van der Waals surface area contributed by atoms with Gasteiger partial charge in [0.2, 0.25) is 11.8 Å². The van der Waals surface area contributed by atoms with E-state index in [-0.39, 0.29) is 47.0 Å². The average Bonchev–Trinajstić information content (AvgIpc) is 3.11. The van der Waals surface area contributed by atoms with Gasteiger partial charge in [0.15, 0.2) is 11.6 Å². The SMILES string of the molecule is C=CC(=O)N1CC(C)N2c3nc(=O)n(-c4c(C)ccnc4C(C)C)c4c(F)c(-c5ccccc5O)c(F)c(c34)NC(=O)C2C1. The van der Waals surface area contributed by atoms with Crippen LogP contribution in [0.4, 0.5) is 20.3 Å². The summed E-state index contributed by atoms with van der Waals surface area (Å²) in [5, 5.41) is 13.2. The van der Waals surface area contributed by atoms with Crippen molar-refractivity contribution in [2.24, 2.45) is 0 Å². The lowest BCUT2D eigenvalue weighted by atomic mass is 9.98. The van der Waals surface area contributed by atoms with Crippen molar-refractivity contribution in [3.05, 3.63) is 82.6 Å². The molecular formula is C32H30F2N6O4. The van der Waals surface area contributed by atoms with Crippen LogP contribution < -0.4 is 15.9 Å². The Hall–Kier alpha value is -5.13. The fourth-order valence-electron chi connectivity index (χ4n) is 6.28. The predicted octanol–water partition coefficient (Wildman–Crippen LogP) is 4.41. The largest absolute Gasteiger partial charge is 0.507 e. The number of aryl methyl sites for hydroxylation is 1. The van der Waals surface area contributed by atoms with Gasteiger partial charge in [-0.1, -0.05) is 38.6 Å². The maximum absolute atomic E-state index is 17.1. The van der Waals surface area contributed by atoms with Crippen molar-refractivity contribution in [1.29, 1.82) is 0 Å². The number of hydrogen-bond donors (Lipinski definition) is 2. The van der Waals surface area contributed by atoms with Crippen molar-refractivity contribution in [2.75, 3.05) is 23.3 Å². The Morgan fingerprint density at radius 3 is 2.57 bits per heavy atom. The molecule has 6 rings (SSSR count). The molecule has 1 saturated heterocycles. The zero-order valence-corrected chi connectivity index (χ0v) is 24.6. The number of piperazine rings is 1. The lowest BCUT2D eigenvalue weighted by Gasteiger charge is -2.44. The summed E-state index contributed by atoms with van der Waals surface area (Å²) in [4.78, 5) is 52.3. The van der Waals surface area contributed by atoms with Gasteiger partial charge in [0.05, 0.1) is 34.6 Å². The number of aromatic nitrogens is 3. The van der Waals surface area contributed by atoms with E-state index >= 15 is 8.78 Å². The molecule has 2 aromatic heterocycles. The second kappa shape index (κ2) is 10.5. The number of pyridine rings is 1. The zero-order chi connectivity index (χ0) is 31.6. The first kappa shape index (κ1) is 29.0. The molecule has 4 aromatic rings. The van der Waals surface area contributed by atoms with Crippen molar-refractivity contribution >= 4 is 34.2 Å². The number of phenols is 1. The van der Waals surface area contributed by atoms with Crippen molar-refractivity contribution < 1.29 is 23.5 Å². The molecule has 44 heavy (non-hydrogen) atoms. The van der Waals surface area contributed by atoms with Crippen LogP contribution in [0.3, 0.4) is 0 Å². The van der Waals surface area contributed by atoms with Gasteiger partial charge >= 0.3 is 5.69 Å². The number of halogens is 2. The number of amides is 2. The summed E-state index contributed by atoms with van der Waals surface area (Å²) in [5.41, 5.74) is -1.01. The Morgan fingerprint density at radius 2 is 1.89 bits per heavy atom. The van der Waals surface area contributed by atoms with Crippen LogP contribution in [0.2, 0.25) is 0 Å². The number of carbonyl (C=O) groups is 2. The van der Waals surface area contributed by atoms with Crippen LogP contribution in [-0.4, -0.2) is 61.5 Å². The highest BCUT2D eigenvalue weighted by molar-refractivity contribution is 6.13. The third-order valence-electron chi connectivity index (χ3n) is 8.26. The topological polar surface area (TPSA) is 121 Å². The number of anilines is 2. The standard InChI is InChI=1S/C32H30F2N6O4/c1-6-21(42)38-13-17(5)39-19(14-38)31(43)36-27-23-29(25(34)22(24(27)33)18-9-7-8-10-20(18)41)40(32(44)37-30(23)39)28-16(4)11-12-35-26(28)15(2)3/h6-12,15,17,19,41H,1,13-14H2,2-5H3,(H,36,43). The van der Waals surface area contributed by atoms with E-state index in [1.807, 2.05) is 13.8 Å². The number of rotatable bonds is 4. The number of hydrogen-bond acceptors (Lipinski definition) is 7. The molecular weight excluding hydrogens is 570 g/mol. The molecule has 2 atom stereocenters. The summed E-state index contributed by atoms with van der Waals surface area (Å²) < 4.78 is 34.9. The van der Waals surface area contributed by atoms with Gasteiger partial charge in [-0.2, -0.15) is 4.98 Å². The number of aromatic hydroxyl groups is 1. The summed E-state index contributed by atoms with van der Waals surface area (Å²) in [6.07, 6.45) is 2.72. The maximum Gasteiger partial charge on any atom is 0.354 e. The molecule has 0 bridgehead atoms. The number of fused-ring (bicyclic) bond motifs is 2. The van der Waals surface area contributed by atoms with E-state index in [1.54, 1.807) is 31.0 Å². The number of nitrogens with zero attached hydrogens (tertiary/aromatic N) is 5. The quantitative estimate of drug-likeness (QED) is 0.333. The van der Waals surface area contributed by atoms with Crippen molar-refractivity contribution in [1.82, 2.24) is 19.4 Å². The lowest BCUT2D eigenvalue weighted by Crippen LogP contribution is -2.62. The Labute approximate surface area is 251 Å². The molecule has 2 N–H and O–H groups in total. The van der Waals surface area contributed by atoms with Crippen LogP contribution in [0.15, 0.2) is 54.0 Å². The molecule has 0 aliphatic carbocycles. The molecule has 2 aliphatic heterocycles. The third-order valence-corrected chi connectivity index (χ3v) is 8.26. The maximum atomic E-state index is 17.1. The number of para-hydroxylation sites is 1. The Kier molecular flexibility index (Phi) is 6.94. The van der Waals surface area contributed by atoms with E-state index in [1.165, 1.54) is 29.2 Å². The highest BCUT2D eigenvalue weighted by Crippen LogP contribution is 2.46. The van der Waals surface area contributed by atoms with Crippen LogP contribution in [0.1, 0.15) is 37.9 Å². The number of benzene rings is 2. The summed E-state index contributed by atoms with van der Waals surface area (Å²) >= 11 is 0. The van der Waals surface area contributed by atoms with E-state index in [9.17, 15) is 19.5 Å². The van der Waals surface area contributed by atoms with Gasteiger partial charge in [-0.25, -0.2) is 13.6 Å². The van der Waals surface area contributed by atoms with Gasteiger partial charge in [-0.05, 0) is 43.5 Å². The van der Waals surface area contributed by atoms with Gasteiger partial charge in [0.25, 0.3) is 0 Å². The number of carbonyl (C=O) groups excluding carboxylic acids is 2. The fourth-order valence-corrected chi connectivity index (χ4v) is 6.28. The molecule has 2 aliphatic rings. The van der Waals surface area contributed by atoms with Crippen LogP contribution in [0.25, 0.3) is 27.7 Å². The van der Waals surface area contributed by atoms with Crippen LogP contribution >= 0.6 is 0 Å². The highest BCUT2D eigenvalue weighted by atomic mass is 19.1. The van der Waals surface area contributed by atoms with E-state index in [0.717, 1.165) is 10.6 Å². The molecule has 0 spiro atoms. The molecule has 0 radical (unpaired) electrons. The van der Waals surface area contributed by atoms with Crippen LogP contribution in [0, 0.1) is 18.6 Å². The van der Waals surface area contributed by atoms with Gasteiger partial charge < -0.3 is 20.2 Å². The van der Waals surface area contributed by atoms with Gasteiger partial charge in [0, 0.05) is 24.3 Å². The number of phenolic OH excluding ortho intramolecular Hbond substituents is 1. The summed E-state index contributed by atoms with van der Waals surface area (Å²) in [7, 11) is 0. The molecule has 226 valence electrons. The van der Waals surface area contributed by atoms with E-state index < -0.39 is 58.2 Å². The lowest BCUT2D eigenvalue weighted by molar-refractivity contribution is -0.128. The highest BCUT2D eigenvalue weighted by Gasteiger charge is 2.44. The molecule has 0 saturated carbocycles. The zero-order valence-electron chi connectivity index (χ0n) is 24.6. The van der Waals surface area contributed by atoms with Crippen molar-refractivity contribution in [2.45, 2.75) is 45.7 Å². The molecule has 2 unspecified atom stereocenters. The first-order valence-corrected chi connectivity index (χ1v) is 14.2. The monoisotopic (exact) mass is 600 g/mol. The minimum absolute atomic E-state index is 0.0907. The second-order valence-corrected chi connectivity index (χ2v) is 11.4. The van der Waals surface area contributed by atoms with E-state index in [2.05, 4.69) is 21.9 Å².